The van der Waals surface area contributed by atoms with E-state index >= 15 is 0 Å². The SMILES string of the molecule is Cc1cc(COC2CCC(NC3CCCC(F)(F)CC3)CC2)on1. The van der Waals surface area contributed by atoms with Gasteiger partial charge in [0.2, 0.25) is 5.92 Å². The van der Waals surface area contributed by atoms with Crippen molar-refractivity contribution in [1.82, 2.24) is 10.5 Å². The lowest BCUT2D eigenvalue weighted by Crippen LogP contribution is -2.41. The predicted octanol–water partition coefficient (Wildman–Crippen LogP) is 4.37. The third kappa shape index (κ3) is 5.24. The molecule has 2 saturated carbocycles. The van der Waals surface area contributed by atoms with Crippen molar-refractivity contribution in [1.29, 1.82) is 0 Å². The van der Waals surface area contributed by atoms with Crippen molar-refractivity contribution in [3.8, 4) is 0 Å². The van der Waals surface area contributed by atoms with E-state index in [0.717, 1.165) is 43.6 Å². The average Bonchev–Trinajstić information content (AvgIpc) is 2.89. The Labute approximate surface area is 142 Å². The highest BCUT2D eigenvalue weighted by Crippen LogP contribution is 2.32. The molecule has 2 aliphatic carbocycles. The Balaban J connectivity index is 1.36. The van der Waals surface area contributed by atoms with E-state index in [4.69, 9.17) is 9.26 Å². The van der Waals surface area contributed by atoms with Crippen molar-refractivity contribution in [2.45, 2.75) is 95.4 Å². The summed E-state index contributed by atoms with van der Waals surface area (Å²) in [6, 6.07) is 2.58. The highest BCUT2D eigenvalue weighted by Gasteiger charge is 2.33. The Morgan fingerprint density at radius 3 is 2.62 bits per heavy atom. The van der Waals surface area contributed by atoms with Crippen LogP contribution < -0.4 is 5.32 Å². The molecule has 0 bridgehead atoms. The van der Waals surface area contributed by atoms with Gasteiger partial charge in [0, 0.05) is 31.0 Å². The summed E-state index contributed by atoms with van der Waals surface area (Å²) in [4.78, 5) is 0. The van der Waals surface area contributed by atoms with Crippen LogP contribution in [0.3, 0.4) is 0 Å². The van der Waals surface area contributed by atoms with Gasteiger partial charge in [0.25, 0.3) is 0 Å². The minimum Gasteiger partial charge on any atom is -0.370 e. The number of nitrogens with zero attached hydrogens (tertiary/aromatic N) is 1. The van der Waals surface area contributed by atoms with Gasteiger partial charge in [0.1, 0.15) is 6.61 Å². The number of ether oxygens (including phenoxy) is 1. The van der Waals surface area contributed by atoms with E-state index < -0.39 is 5.92 Å². The number of alkyl halides is 2. The summed E-state index contributed by atoms with van der Waals surface area (Å²) in [7, 11) is 0. The molecule has 1 unspecified atom stereocenters. The second kappa shape index (κ2) is 7.91. The van der Waals surface area contributed by atoms with Gasteiger partial charge in [0.05, 0.1) is 11.8 Å². The van der Waals surface area contributed by atoms with Gasteiger partial charge in [-0.05, 0) is 51.9 Å². The van der Waals surface area contributed by atoms with Crippen molar-refractivity contribution >= 4 is 0 Å². The largest absolute Gasteiger partial charge is 0.370 e. The lowest BCUT2D eigenvalue weighted by Gasteiger charge is -2.32. The van der Waals surface area contributed by atoms with E-state index in [9.17, 15) is 8.78 Å². The molecule has 6 heteroatoms. The van der Waals surface area contributed by atoms with Gasteiger partial charge < -0.3 is 14.6 Å². The number of hydrogen-bond acceptors (Lipinski definition) is 4. The predicted molar refractivity (Wildman–Crippen MR) is 87.0 cm³/mol. The second-order valence-corrected chi connectivity index (χ2v) is 7.37. The molecule has 3 rings (SSSR count). The van der Waals surface area contributed by atoms with Gasteiger partial charge in [-0.3, -0.25) is 0 Å². The van der Waals surface area contributed by atoms with Crippen LogP contribution in [0.25, 0.3) is 0 Å². The van der Waals surface area contributed by atoms with Crippen molar-refractivity contribution < 1.29 is 18.0 Å². The Bertz CT molecular complexity index is 513. The lowest BCUT2D eigenvalue weighted by molar-refractivity contribution is -0.0148. The summed E-state index contributed by atoms with van der Waals surface area (Å²) < 4.78 is 37.9. The Hall–Kier alpha value is -1.01. The standard InChI is InChI=1S/C18H28F2N2O2/c1-13-11-17(24-22-13)12-23-16-6-4-15(5-7-16)21-14-3-2-9-18(19,20)10-8-14/h11,14-16,21H,2-10,12H2,1H3. The number of halogens is 2. The van der Waals surface area contributed by atoms with E-state index in [2.05, 4.69) is 10.5 Å². The topological polar surface area (TPSA) is 47.3 Å². The molecular weight excluding hydrogens is 314 g/mol. The fraction of sp³-hybridized carbons (Fsp3) is 0.833. The molecule has 2 aliphatic rings. The molecule has 4 nitrogen and oxygen atoms in total. The summed E-state index contributed by atoms with van der Waals surface area (Å²) in [5, 5.41) is 7.47. The maximum atomic E-state index is 13.4. The van der Waals surface area contributed by atoms with Gasteiger partial charge in [-0.1, -0.05) is 5.16 Å². The third-order valence-electron chi connectivity index (χ3n) is 5.24. The minimum atomic E-state index is -2.46. The number of rotatable bonds is 5. The molecule has 1 aromatic rings. The first-order valence-corrected chi connectivity index (χ1v) is 9.18. The molecule has 136 valence electrons. The van der Waals surface area contributed by atoms with Crippen molar-refractivity contribution in [2.75, 3.05) is 0 Å². The molecule has 0 radical (unpaired) electrons. The van der Waals surface area contributed by atoms with Crippen LogP contribution in [0.15, 0.2) is 10.6 Å². The monoisotopic (exact) mass is 342 g/mol. The molecule has 0 aliphatic heterocycles. The molecule has 1 heterocycles. The molecule has 0 saturated heterocycles. The first kappa shape index (κ1) is 17.8. The number of hydrogen-bond donors (Lipinski definition) is 1. The molecule has 1 aromatic heterocycles. The van der Waals surface area contributed by atoms with Crippen LogP contribution in [0, 0.1) is 6.92 Å². The zero-order valence-corrected chi connectivity index (χ0v) is 14.4. The normalized spacial score (nSPS) is 30.9. The van der Waals surface area contributed by atoms with Gasteiger partial charge in [0.15, 0.2) is 5.76 Å². The molecule has 24 heavy (non-hydrogen) atoms. The number of aryl methyl sites for hydroxylation is 1. The molecule has 1 N–H and O–H groups in total. The van der Waals surface area contributed by atoms with Crippen LogP contribution in [-0.2, 0) is 11.3 Å². The van der Waals surface area contributed by atoms with Gasteiger partial charge in [-0.15, -0.1) is 0 Å². The van der Waals surface area contributed by atoms with Crippen LogP contribution in [0.2, 0.25) is 0 Å². The summed E-state index contributed by atoms with van der Waals surface area (Å²) >= 11 is 0. The zero-order valence-electron chi connectivity index (χ0n) is 14.4. The van der Waals surface area contributed by atoms with E-state index in [0.29, 0.717) is 25.5 Å². The molecule has 1 atom stereocenters. The summed E-state index contributed by atoms with van der Waals surface area (Å²) in [5.41, 5.74) is 0.871. The van der Waals surface area contributed by atoms with Gasteiger partial charge in [-0.2, -0.15) is 0 Å². The quantitative estimate of drug-likeness (QED) is 0.807. The van der Waals surface area contributed by atoms with Crippen molar-refractivity contribution in [2.24, 2.45) is 0 Å². The summed E-state index contributed by atoms with van der Waals surface area (Å²) in [6.45, 7) is 2.37. The second-order valence-electron chi connectivity index (χ2n) is 7.37. The van der Waals surface area contributed by atoms with Crippen molar-refractivity contribution in [3.05, 3.63) is 17.5 Å². The number of aromatic nitrogens is 1. The Morgan fingerprint density at radius 1 is 1.17 bits per heavy atom. The molecule has 0 aromatic carbocycles. The van der Waals surface area contributed by atoms with Crippen LogP contribution in [0.5, 0.6) is 0 Å². The molecular formula is C18H28F2N2O2. The Kier molecular flexibility index (Phi) is 5.87. The smallest absolute Gasteiger partial charge is 0.248 e. The minimum absolute atomic E-state index is 0.0275. The van der Waals surface area contributed by atoms with Crippen LogP contribution in [0.1, 0.15) is 69.2 Å². The maximum absolute atomic E-state index is 13.4. The average molecular weight is 342 g/mol. The summed E-state index contributed by atoms with van der Waals surface area (Å²) in [5.74, 6) is -1.69. The summed E-state index contributed by atoms with van der Waals surface area (Å²) in [6.07, 6.45) is 6.53. The van der Waals surface area contributed by atoms with Gasteiger partial charge in [-0.25, -0.2) is 8.78 Å². The van der Waals surface area contributed by atoms with E-state index in [1.165, 1.54) is 0 Å². The van der Waals surface area contributed by atoms with Crippen molar-refractivity contribution in [3.63, 3.8) is 0 Å². The van der Waals surface area contributed by atoms with Crippen LogP contribution >= 0.6 is 0 Å². The molecule has 2 fully saturated rings. The van der Waals surface area contributed by atoms with E-state index in [1.807, 2.05) is 13.0 Å². The zero-order chi connectivity index (χ0) is 17.0. The molecule has 0 spiro atoms. The third-order valence-corrected chi connectivity index (χ3v) is 5.24. The van der Waals surface area contributed by atoms with Gasteiger partial charge >= 0.3 is 0 Å². The lowest BCUT2D eigenvalue weighted by atomic mass is 9.91. The highest BCUT2D eigenvalue weighted by molar-refractivity contribution is 5.01. The first-order valence-electron chi connectivity index (χ1n) is 9.18. The van der Waals surface area contributed by atoms with Crippen LogP contribution in [-0.4, -0.2) is 29.3 Å². The highest BCUT2D eigenvalue weighted by atomic mass is 19.3. The first-order chi connectivity index (χ1) is 11.5. The number of nitrogens with one attached hydrogen (secondary N) is 1. The Morgan fingerprint density at radius 2 is 1.92 bits per heavy atom. The fourth-order valence-electron chi connectivity index (χ4n) is 3.84. The van der Waals surface area contributed by atoms with Crippen LogP contribution in [0.4, 0.5) is 8.78 Å². The van der Waals surface area contributed by atoms with E-state index in [-0.39, 0.29) is 25.0 Å². The fourth-order valence-corrected chi connectivity index (χ4v) is 3.84. The molecule has 0 amide bonds. The van der Waals surface area contributed by atoms with E-state index in [1.54, 1.807) is 0 Å². The maximum Gasteiger partial charge on any atom is 0.248 e.